The molecule has 0 saturated heterocycles. The highest BCUT2D eigenvalue weighted by Gasteiger charge is 2.24. The van der Waals surface area contributed by atoms with E-state index in [1.807, 2.05) is 0 Å². The van der Waals surface area contributed by atoms with Crippen LogP contribution in [0.2, 0.25) is 0 Å². The summed E-state index contributed by atoms with van der Waals surface area (Å²) < 4.78 is 60.9. The molecule has 10 heteroatoms. The van der Waals surface area contributed by atoms with Gasteiger partial charge >= 0.3 is 13.2 Å². The molecule has 0 bridgehead atoms. The number of ketones is 1. The monoisotopic (exact) mass is 450 g/mol. The number of aromatic hydroxyl groups is 1. The van der Waals surface area contributed by atoms with Gasteiger partial charge in [0, 0.05) is 30.7 Å². The van der Waals surface area contributed by atoms with E-state index in [-0.39, 0.29) is 35.0 Å². The van der Waals surface area contributed by atoms with Gasteiger partial charge in [-0.1, -0.05) is 12.1 Å². The summed E-state index contributed by atoms with van der Waals surface area (Å²) in [7, 11) is 0. The molecule has 0 unspecified atom stereocenters. The molecule has 1 N–H and O–H groups in total. The van der Waals surface area contributed by atoms with Gasteiger partial charge in [-0.2, -0.15) is 17.6 Å². The molecule has 6 nitrogen and oxygen atoms in total. The number of halogens is 4. The van der Waals surface area contributed by atoms with Crippen LogP contribution >= 0.6 is 0 Å². The van der Waals surface area contributed by atoms with E-state index in [9.17, 15) is 27.5 Å². The SMILES string of the molecule is CC(=O)c1ccc(N(Cc2cccnc2)c2cccc(OC(F)F)c2OC(F)F)cc1O. The second-order valence-electron chi connectivity index (χ2n) is 6.57. The fourth-order valence-electron chi connectivity index (χ4n) is 3.09. The molecular formula is C22H18F4N2O4. The van der Waals surface area contributed by atoms with Crippen molar-refractivity contribution in [2.75, 3.05) is 4.90 Å². The number of carbonyl (C=O) groups excluding carboxylic acids is 1. The van der Waals surface area contributed by atoms with Crippen molar-refractivity contribution in [3.8, 4) is 17.2 Å². The predicted octanol–water partition coefficient (Wildman–Crippen LogP) is 5.53. The summed E-state index contributed by atoms with van der Waals surface area (Å²) in [5.41, 5.74) is 0.965. The van der Waals surface area contributed by atoms with Crippen LogP contribution in [0.3, 0.4) is 0 Å². The molecule has 32 heavy (non-hydrogen) atoms. The van der Waals surface area contributed by atoms with Crippen LogP contribution in [0, 0.1) is 0 Å². The molecule has 168 valence electrons. The molecule has 1 heterocycles. The summed E-state index contributed by atoms with van der Waals surface area (Å²) in [6.07, 6.45) is 3.08. The van der Waals surface area contributed by atoms with Crippen molar-refractivity contribution in [2.45, 2.75) is 26.7 Å². The first-order valence-electron chi connectivity index (χ1n) is 9.29. The quantitative estimate of drug-likeness (QED) is 0.341. The molecule has 0 aliphatic rings. The third-order valence-corrected chi connectivity index (χ3v) is 4.41. The number of hydrogen-bond acceptors (Lipinski definition) is 6. The van der Waals surface area contributed by atoms with E-state index in [2.05, 4.69) is 14.5 Å². The zero-order valence-corrected chi connectivity index (χ0v) is 16.7. The Balaban J connectivity index is 2.17. The van der Waals surface area contributed by atoms with Gasteiger partial charge in [0.2, 0.25) is 0 Å². The van der Waals surface area contributed by atoms with Crippen molar-refractivity contribution in [2.24, 2.45) is 0 Å². The lowest BCUT2D eigenvalue weighted by Gasteiger charge is -2.28. The summed E-state index contributed by atoms with van der Waals surface area (Å²) >= 11 is 0. The molecule has 1 aromatic heterocycles. The van der Waals surface area contributed by atoms with E-state index >= 15 is 0 Å². The first kappa shape index (κ1) is 22.9. The summed E-state index contributed by atoms with van der Waals surface area (Å²) in [6.45, 7) is -5.26. The summed E-state index contributed by atoms with van der Waals surface area (Å²) in [5.74, 6) is -1.90. The lowest BCUT2D eigenvalue weighted by Crippen LogP contribution is -2.19. The number of hydrogen-bond donors (Lipinski definition) is 1. The Morgan fingerprint density at radius 2 is 1.81 bits per heavy atom. The van der Waals surface area contributed by atoms with E-state index in [4.69, 9.17) is 0 Å². The van der Waals surface area contributed by atoms with Crippen molar-refractivity contribution in [1.82, 2.24) is 4.98 Å². The average molecular weight is 450 g/mol. The zero-order chi connectivity index (χ0) is 23.3. The largest absolute Gasteiger partial charge is 0.507 e. The predicted molar refractivity (Wildman–Crippen MR) is 108 cm³/mol. The Labute approximate surface area is 180 Å². The topological polar surface area (TPSA) is 71.9 Å². The first-order chi connectivity index (χ1) is 15.3. The number of alkyl halides is 4. The highest BCUT2D eigenvalue weighted by atomic mass is 19.3. The van der Waals surface area contributed by atoms with Gasteiger partial charge in [0.1, 0.15) is 5.75 Å². The van der Waals surface area contributed by atoms with Crippen molar-refractivity contribution in [3.05, 3.63) is 72.1 Å². The van der Waals surface area contributed by atoms with Gasteiger partial charge in [-0.25, -0.2) is 0 Å². The van der Waals surface area contributed by atoms with E-state index in [0.717, 1.165) is 6.07 Å². The van der Waals surface area contributed by atoms with Crippen molar-refractivity contribution in [1.29, 1.82) is 0 Å². The fraction of sp³-hybridized carbons (Fsp3) is 0.182. The highest BCUT2D eigenvalue weighted by Crippen LogP contribution is 2.43. The van der Waals surface area contributed by atoms with E-state index in [1.54, 1.807) is 18.3 Å². The van der Waals surface area contributed by atoms with Gasteiger partial charge in [-0.3, -0.25) is 9.78 Å². The van der Waals surface area contributed by atoms with Crippen LogP contribution in [0.1, 0.15) is 22.8 Å². The minimum Gasteiger partial charge on any atom is -0.507 e. The van der Waals surface area contributed by atoms with Crippen LogP contribution in [0.25, 0.3) is 0 Å². The zero-order valence-electron chi connectivity index (χ0n) is 16.7. The molecule has 0 spiro atoms. The molecule has 0 amide bonds. The van der Waals surface area contributed by atoms with Crippen molar-refractivity contribution in [3.63, 3.8) is 0 Å². The summed E-state index contributed by atoms with van der Waals surface area (Å²) in [5, 5.41) is 10.3. The molecule has 0 aliphatic heterocycles. The number of nitrogens with zero attached hydrogens (tertiary/aromatic N) is 2. The maximum atomic E-state index is 13.1. The second kappa shape index (κ2) is 9.99. The number of carbonyl (C=O) groups is 1. The highest BCUT2D eigenvalue weighted by molar-refractivity contribution is 5.97. The van der Waals surface area contributed by atoms with Gasteiger partial charge in [0.25, 0.3) is 0 Å². The van der Waals surface area contributed by atoms with Crippen LogP contribution in [0.5, 0.6) is 17.2 Å². The Hall–Kier alpha value is -3.82. The Bertz CT molecular complexity index is 1080. The third-order valence-electron chi connectivity index (χ3n) is 4.41. The number of anilines is 2. The smallest absolute Gasteiger partial charge is 0.387 e. The van der Waals surface area contributed by atoms with E-state index in [1.165, 1.54) is 48.4 Å². The van der Waals surface area contributed by atoms with Gasteiger partial charge in [0.05, 0.1) is 11.3 Å². The van der Waals surface area contributed by atoms with Gasteiger partial charge in [-0.15, -0.1) is 0 Å². The number of para-hydroxylation sites is 1. The van der Waals surface area contributed by atoms with Crippen LogP contribution in [-0.2, 0) is 6.54 Å². The molecule has 0 saturated carbocycles. The summed E-state index contributed by atoms with van der Waals surface area (Å²) in [6, 6.07) is 11.3. The third kappa shape index (κ3) is 5.45. The van der Waals surface area contributed by atoms with E-state index < -0.39 is 24.7 Å². The molecule has 3 aromatic rings. The van der Waals surface area contributed by atoms with Crippen LogP contribution in [0.15, 0.2) is 60.9 Å². The molecule has 0 radical (unpaired) electrons. The number of phenolic OH excluding ortho intramolecular Hbond substituents is 1. The van der Waals surface area contributed by atoms with Crippen LogP contribution < -0.4 is 14.4 Å². The van der Waals surface area contributed by atoms with Gasteiger partial charge < -0.3 is 19.5 Å². The Kier molecular flexibility index (Phi) is 7.14. The lowest BCUT2D eigenvalue weighted by atomic mass is 10.1. The standard InChI is InChI=1S/C22H18F4N2O4/c1-13(29)16-8-7-15(10-18(16)30)28(12-14-4-3-9-27-11-14)17-5-2-6-19(31-21(23)24)20(17)32-22(25)26/h2-11,21-22,30H,12H2,1H3. The molecule has 0 fully saturated rings. The number of pyridine rings is 1. The number of aromatic nitrogens is 1. The fourth-order valence-corrected chi connectivity index (χ4v) is 3.09. The number of benzene rings is 2. The number of Topliss-reactive ketones (excluding diaryl/α,β-unsaturated/α-hetero) is 1. The maximum Gasteiger partial charge on any atom is 0.387 e. The van der Waals surface area contributed by atoms with Gasteiger partial charge in [-0.05, 0) is 42.8 Å². The number of rotatable bonds is 9. The normalized spacial score (nSPS) is 11.0. The maximum absolute atomic E-state index is 13.1. The molecule has 3 rings (SSSR count). The summed E-state index contributed by atoms with van der Waals surface area (Å²) in [4.78, 5) is 17.1. The van der Waals surface area contributed by atoms with Crippen molar-refractivity contribution < 1.29 is 36.9 Å². The van der Waals surface area contributed by atoms with Crippen LogP contribution in [0.4, 0.5) is 28.9 Å². The first-order valence-corrected chi connectivity index (χ1v) is 9.29. The van der Waals surface area contributed by atoms with Crippen molar-refractivity contribution >= 4 is 17.2 Å². The van der Waals surface area contributed by atoms with E-state index in [0.29, 0.717) is 5.56 Å². The van der Waals surface area contributed by atoms with Gasteiger partial charge in [0.15, 0.2) is 17.3 Å². The minimum atomic E-state index is -3.31. The molecule has 2 aromatic carbocycles. The lowest BCUT2D eigenvalue weighted by molar-refractivity contribution is -0.0689. The second-order valence-corrected chi connectivity index (χ2v) is 6.57. The Morgan fingerprint density at radius 1 is 1.06 bits per heavy atom. The Morgan fingerprint density at radius 3 is 2.41 bits per heavy atom. The molecular weight excluding hydrogens is 432 g/mol. The average Bonchev–Trinajstić information content (AvgIpc) is 2.73. The van der Waals surface area contributed by atoms with Crippen LogP contribution in [-0.4, -0.2) is 29.1 Å². The number of phenols is 1. The number of ether oxygens (including phenoxy) is 2. The molecule has 0 aliphatic carbocycles. The molecule has 0 atom stereocenters. The minimum absolute atomic E-state index is 0.0257.